The Morgan fingerprint density at radius 2 is 2.15 bits per heavy atom. The molecule has 2 unspecified atom stereocenters. The first-order valence-electron chi connectivity index (χ1n) is 5.22. The second kappa shape index (κ2) is 4.91. The molecule has 1 saturated heterocycles. The average molecular weight is 188 g/mol. The molecular formula is C10H21FN2. The number of alkyl halides is 1. The van der Waals surface area contributed by atoms with Crippen LogP contribution < -0.4 is 5.32 Å². The largest absolute Gasteiger partial charge is 0.317 e. The van der Waals surface area contributed by atoms with Crippen LogP contribution in [0.15, 0.2) is 0 Å². The summed E-state index contributed by atoms with van der Waals surface area (Å²) in [7, 11) is 1.92. The molecule has 0 aromatic rings. The van der Waals surface area contributed by atoms with Crippen LogP contribution in [0.5, 0.6) is 0 Å². The van der Waals surface area contributed by atoms with E-state index < -0.39 is 6.30 Å². The minimum atomic E-state index is -0.764. The van der Waals surface area contributed by atoms with Crippen LogP contribution in [0.3, 0.4) is 0 Å². The Morgan fingerprint density at radius 1 is 1.46 bits per heavy atom. The van der Waals surface area contributed by atoms with Crippen molar-refractivity contribution in [1.82, 2.24) is 10.2 Å². The second-order valence-electron chi connectivity index (χ2n) is 4.13. The zero-order chi connectivity index (χ0) is 9.84. The second-order valence-corrected chi connectivity index (χ2v) is 4.13. The topological polar surface area (TPSA) is 15.3 Å². The molecule has 1 fully saturated rings. The van der Waals surface area contributed by atoms with Crippen molar-refractivity contribution in [3.8, 4) is 0 Å². The van der Waals surface area contributed by atoms with E-state index in [0.717, 1.165) is 19.4 Å². The molecular weight excluding hydrogens is 167 g/mol. The van der Waals surface area contributed by atoms with E-state index in [4.69, 9.17) is 0 Å². The molecule has 1 heterocycles. The van der Waals surface area contributed by atoms with Crippen LogP contribution >= 0.6 is 0 Å². The molecule has 0 spiro atoms. The average Bonchev–Trinajstić information content (AvgIpc) is 2.26. The van der Waals surface area contributed by atoms with Gasteiger partial charge < -0.3 is 5.32 Å². The maximum Gasteiger partial charge on any atom is 0.155 e. The lowest BCUT2D eigenvalue weighted by Gasteiger charge is -2.28. The minimum absolute atomic E-state index is 0.325. The third-order valence-electron chi connectivity index (χ3n) is 2.88. The summed E-state index contributed by atoms with van der Waals surface area (Å²) in [4.78, 5) is 1.96. The van der Waals surface area contributed by atoms with Gasteiger partial charge in [0.25, 0.3) is 0 Å². The van der Waals surface area contributed by atoms with Crippen LogP contribution in [0.2, 0.25) is 0 Å². The summed E-state index contributed by atoms with van der Waals surface area (Å²) < 4.78 is 13.7. The Hall–Kier alpha value is -0.150. The molecule has 0 aromatic carbocycles. The Labute approximate surface area is 80.5 Å². The van der Waals surface area contributed by atoms with E-state index >= 15 is 0 Å². The van der Waals surface area contributed by atoms with Gasteiger partial charge in [-0.1, -0.05) is 0 Å². The fourth-order valence-electron chi connectivity index (χ4n) is 1.99. The van der Waals surface area contributed by atoms with Gasteiger partial charge in [0.15, 0.2) is 6.30 Å². The molecule has 0 bridgehead atoms. The lowest BCUT2D eigenvalue weighted by Crippen LogP contribution is -2.39. The monoisotopic (exact) mass is 188 g/mol. The van der Waals surface area contributed by atoms with Crippen LogP contribution in [0, 0.1) is 0 Å². The van der Waals surface area contributed by atoms with Gasteiger partial charge in [-0.2, -0.15) is 0 Å². The molecule has 2 nitrogen and oxygen atoms in total. The van der Waals surface area contributed by atoms with Crippen molar-refractivity contribution in [2.75, 3.05) is 13.6 Å². The van der Waals surface area contributed by atoms with E-state index in [9.17, 15) is 4.39 Å². The predicted octanol–water partition coefficient (Wildman–Crippen LogP) is 1.76. The molecule has 3 heteroatoms. The van der Waals surface area contributed by atoms with Gasteiger partial charge in [-0.25, -0.2) is 4.39 Å². The van der Waals surface area contributed by atoms with E-state index in [1.807, 2.05) is 11.9 Å². The fourth-order valence-corrected chi connectivity index (χ4v) is 1.99. The maximum absolute atomic E-state index is 13.7. The van der Waals surface area contributed by atoms with E-state index in [-0.39, 0.29) is 0 Å². The molecule has 1 aliphatic rings. The molecule has 1 rings (SSSR count). The van der Waals surface area contributed by atoms with Crippen molar-refractivity contribution >= 4 is 0 Å². The Bertz CT molecular complexity index is 150. The summed E-state index contributed by atoms with van der Waals surface area (Å²) in [6.07, 6.45) is 2.07. The van der Waals surface area contributed by atoms with Crippen molar-refractivity contribution in [1.29, 1.82) is 0 Å². The summed E-state index contributed by atoms with van der Waals surface area (Å²) in [5.41, 5.74) is 0. The molecule has 13 heavy (non-hydrogen) atoms. The highest BCUT2D eigenvalue weighted by molar-refractivity contribution is 4.78. The molecule has 0 saturated carbocycles. The van der Waals surface area contributed by atoms with Gasteiger partial charge in [-0.3, -0.25) is 4.90 Å². The molecule has 0 amide bonds. The number of rotatable bonds is 2. The van der Waals surface area contributed by atoms with Crippen LogP contribution in [-0.2, 0) is 0 Å². The van der Waals surface area contributed by atoms with Crippen molar-refractivity contribution in [3.63, 3.8) is 0 Å². The fraction of sp³-hybridized carbons (Fsp3) is 1.00. The van der Waals surface area contributed by atoms with Crippen molar-refractivity contribution < 1.29 is 4.39 Å². The summed E-state index contributed by atoms with van der Waals surface area (Å²) in [5, 5.41) is 3.17. The van der Waals surface area contributed by atoms with E-state index in [1.165, 1.54) is 0 Å². The van der Waals surface area contributed by atoms with Gasteiger partial charge in [-0.05, 0) is 33.7 Å². The molecule has 0 aromatic heterocycles. The predicted molar refractivity (Wildman–Crippen MR) is 53.4 cm³/mol. The quantitative estimate of drug-likeness (QED) is 0.664. The van der Waals surface area contributed by atoms with Crippen LogP contribution in [-0.4, -0.2) is 36.9 Å². The summed E-state index contributed by atoms with van der Waals surface area (Å²) in [6, 6.07) is 0.685. The van der Waals surface area contributed by atoms with Crippen molar-refractivity contribution in [3.05, 3.63) is 0 Å². The van der Waals surface area contributed by atoms with E-state index in [1.54, 1.807) is 0 Å². The molecule has 1 N–H and O–H groups in total. The van der Waals surface area contributed by atoms with Crippen molar-refractivity contribution in [2.45, 2.75) is 51.5 Å². The molecule has 2 atom stereocenters. The van der Waals surface area contributed by atoms with Gasteiger partial charge >= 0.3 is 0 Å². The van der Waals surface area contributed by atoms with Gasteiger partial charge in [-0.15, -0.1) is 0 Å². The maximum atomic E-state index is 13.7. The molecule has 0 aliphatic carbocycles. The first-order valence-corrected chi connectivity index (χ1v) is 5.22. The van der Waals surface area contributed by atoms with Gasteiger partial charge in [0.05, 0.1) is 0 Å². The zero-order valence-electron chi connectivity index (χ0n) is 8.89. The zero-order valence-corrected chi connectivity index (χ0v) is 8.89. The third kappa shape index (κ3) is 2.92. The van der Waals surface area contributed by atoms with Gasteiger partial charge in [0.1, 0.15) is 0 Å². The number of nitrogens with zero attached hydrogens (tertiary/aromatic N) is 1. The first-order chi connectivity index (χ1) is 6.15. The van der Waals surface area contributed by atoms with E-state index in [0.29, 0.717) is 18.5 Å². The standard InChI is InChI=1S/C10H21FN2/c1-8(2)13-6-4-5-9(12-3)7-10(13)11/h8-10,12H,4-7H2,1-3H3. The highest BCUT2D eigenvalue weighted by Crippen LogP contribution is 2.20. The third-order valence-corrected chi connectivity index (χ3v) is 2.88. The Balaban J connectivity index is 2.51. The summed E-state index contributed by atoms with van der Waals surface area (Å²) >= 11 is 0. The van der Waals surface area contributed by atoms with Crippen LogP contribution in [0.1, 0.15) is 33.1 Å². The lowest BCUT2D eigenvalue weighted by molar-refractivity contribution is 0.0528. The highest BCUT2D eigenvalue weighted by atomic mass is 19.1. The molecule has 78 valence electrons. The number of hydrogen-bond acceptors (Lipinski definition) is 2. The van der Waals surface area contributed by atoms with Crippen LogP contribution in [0.25, 0.3) is 0 Å². The number of likely N-dealkylation sites (tertiary alicyclic amines) is 1. The molecule has 1 aliphatic heterocycles. The first kappa shape index (κ1) is 10.9. The minimum Gasteiger partial charge on any atom is -0.317 e. The number of hydrogen-bond donors (Lipinski definition) is 1. The Kier molecular flexibility index (Phi) is 4.13. The summed E-state index contributed by atoms with van der Waals surface area (Å²) in [6.45, 7) is 5.02. The normalized spacial score (nSPS) is 32.1. The molecule has 0 radical (unpaired) electrons. The highest BCUT2D eigenvalue weighted by Gasteiger charge is 2.26. The van der Waals surface area contributed by atoms with Gasteiger partial charge in [0.2, 0.25) is 0 Å². The van der Waals surface area contributed by atoms with Crippen LogP contribution in [0.4, 0.5) is 4.39 Å². The lowest BCUT2D eigenvalue weighted by atomic mass is 10.1. The van der Waals surface area contributed by atoms with Gasteiger partial charge in [0, 0.05) is 25.0 Å². The number of halogens is 1. The van der Waals surface area contributed by atoms with Crippen molar-refractivity contribution in [2.24, 2.45) is 0 Å². The Morgan fingerprint density at radius 3 is 2.69 bits per heavy atom. The SMILES string of the molecule is CNC1CCCN(C(C)C)C(F)C1. The summed E-state index contributed by atoms with van der Waals surface area (Å²) in [5.74, 6) is 0. The number of nitrogens with one attached hydrogen (secondary N) is 1. The smallest absolute Gasteiger partial charge is 0.155 e. The van der Waals surface area contributed by atoms with E-state index in [2.05, 4.69) is 19.2 Å².